The van der Waals surface area contributed by atoms with Crippen LogP contribution in [0.3, 0.4) is 0 Å². The van der Waals surface area contributed by atoms with Crippen LogP contribution in [0.5, 0.6) is 5.75 Å². The molecule has 0 bridgehead atoms. The van der Waals surface area contributed by atoms with E-state index in [4.69, 9.17) is 4.74 Å². The molecule has 1 fully saturated rings. The van der Waals surface area contributed by atoms with Crippen LogP contribution in [0.25, 0.3) is 0 Å². The van der Waals surface area contributed by atoms with Crippen LogP contribution in [0.15, 0.2) is 42.5 Å². The van der Waals surface area contributed by atoms with Crippen LogP contribution in [0.4, 0.5) is 15.8 Å². The number of hydrogen-bond acceptors (Lipinski definition) is 3. The zero-order valence-corrected chi connectivity index (χ0v) is 15.1. The molecule has 0 atom stereocenters. The quantitative estimate of drug-likeness (QED) is 0.721. The Hall–Kier alpha value is -2.56. The number of ether oxygens (including phenoxy) is 1. The second kappa shape index (κ2) is 8.70. The van der Waals surface area contributed by atoms with Gasteiger partial charge < -0.3 is 15.0 Å². The summed E-state index contributed by atoms with van der Waals surface area (Å²) in [6.07, 6.45) is 4.34. The zero-order valence-electron chi connectivity index (χ0n) is 15.1. The summed E-state index contributed by atoms with van der Waals surface area (Å²) in [5, 5.41) is 2.64. The monoisotopic (exact) mass is 356 g/mol. The first-order valence-electron chi connectivity index (χ1n) is 9.26. The molecule has 1 saturated heterocycles. The van der Waals surface area contributed by atoms with Crippen LogP contribution in [0, 0.1) is 5.82 Å². The lowest BCUT2D eigenvalue weighted by Crippen LogP contribution is -2.18. The Bertz CT molecular complexity index is 740. The number of carbonyl (C=O) groups is 1. The number of nitrogens with zero attached hydrogens (tertiary/aromatic N) is 1. The van der Waals surface area contributed by atoms with E-state index in [9.17, 15) is 9.18 Å². The predicted molar refractivity (Wildman–Crippen MR) is 103 cm³/mol. The van der Waals surface area contributed by atoms with Crippen molar-refractivity contribution >= 4 is 17.3 Å². The number of hydrogen-bond donors (Lipinski definition) is 1. The molecule has 26 heavy (non-hydrogen) atoms. The molecular formula is C21H25FN2O2. The molecule has 1 N–H and O–H groups in total. The van der Waals surface area contributed by atoms with Crippen molar-refractivity contribution in [1.82, 2.24) is 0 Å². The minimum Gasteiger partial charge on any atom is -0.494 e. The van der Waals surface area contributed by atoms with Gasteiger partial charge in [-0.15, -0.1) is 0 Å². The number of carbonyl (C=O) groups excluding carboxylic acids is 1. The zero-order chi connectivity index (χ0) is 18.4. The molecule has 2 aromatic carbocycles. The van der Waals surface area contributed by atoms with Gasteiger partial charge in [-0.25, -0.2) is 4.39 Å². The van der Waals surface area contributed by atoms with E-state index < -0.39 is 5.82 Å². The van der Waals surface area contributed by atoms with E-state index in [1.54, 1.807) is 30.3 Å². The molecule has 2 aromatic rings. The third-order valence-corrected chi connectivity index (χ3v) is 4.56. The Kier molecular flexibility index (Phi) is 6.10. The van der Waals surface area contributed by atoms with Gasteiger partial charge in [-0.2, -0.15) is 0 Å². The van der Waals surface area contributed by atoms with Crippen molar-refractivity contribution in [3.63, 3.8) is 0 Å². The van der Waals surface area contributed by atoms with Gasteiger partial charge in [0.1, 0.15) is 11.6 Å². The number of benzene rings is 2. The van der Waals surface area contributed by atoms with Gasteiger partial charge in [0.15, 0.2) is 0 Å². The van der Waals surface area contributed by atoms with Gasteiger partial charge in [0.05, 0.1) is 12.3 Å². The van der Waals surface area contributed by atoms with E-state index in [1.165, 1.54) is 6.07 Å². The molecule has 0 aliphatic carbocycles. The van der Waals surface area contributed by atoms with Gasteiger partial charge in [-0.05, 0) is 61.7 Å². The van der Waals surface area contributed by atoms with Crippen molar-refractivity contribution < 1.29 is 13.9 Å². The van der Waals surface area contributed by atoms with Gasteiger partial charge in [0.2, 0.25) is 0 Å². The van der Waals surface area contributed by atoms with E-state index in [-0.39, 0.29) is 11.6 Å². The average Bonchev–Trinajstić information content (AvgIpc) is 3.19. The van der Waals surface area contributed by atoms with Crippen LogP contribution >= 0.6 is 0 Å². The van der Waals surface area contributed by atoms with Gasteiger partial charge in [0, 0.05) is 24.3 Å². The number of nitrogens with one attached hydrogen (secondary N) is 1. The molecule has 1 amide bonds. The Balaban J connectivity index is 1.62. The predicted octanol–water partition coefficient (Wildman–Crippen LogP) is 4.86. The SMILES string of the molecule is CCCCOc1ccc(C(=O)Nc2ccc(N3CCCC3)cc2F)cc1. The smallest absolute Gasteiger partial charge is 0.255 e. The Morgan fingerprint density at radius 3 is 2.54 bits per heavy atom. The van der Waals surface area contributed by atoms with Crippen molar-refractivity contribution in [3.8, 4) is 5.75 Å². The van der Waals surface area contributed by atoms with Gasteiger partial charge >= 0.3 is 0 Å². The molecule has 0 radical (unpaired) electrons. The average molecular weight is 356 g/mol. The highest BCUT2D eigenvalue weighted by Gasteiger charge is 2.15. The minimum absolute atomic E-state index is 0.196. The highest BCUT2D eigenvalue weighted by Crippen LogP contribution is 2.25. The van der Waals surface area contributed by atoms with Gasteiger partial charge in [-0.1, -0.05) is 13.3 Å². The van der Waals surface area contributed by atoms with Crippen LogP contribution in [-0.4, -0.2) is 25.6 Å². The maximum atomic E-state index is 14.4. The number of halogens is 1. The standard InChI is InChI=1S/C21H25FN2O2/c1-2-3-14-26-18-9-6-16(7-10-18)21(25)23-20-11-8-17(15-19(20)22)24-12-4-5-13-24/h6-11,15H,2-5,12-14H2,1H3,(H,23,25). The van der Waals surface area contributed by atoms with Crippen molar-refractivity contribution in [2.24, 2.45) is 0 Å². The molecule has 1 aliphatic heterocycles. The van der Waals surface area contributed by atoms with Crippen LogP contribution in [-0.2, 0) is 0 Å². The summed E-state index contributed by atoms with van der Waals surface area (Å²) >= 11 is 0. The van der Waals surface area contributed by atoms with Crippen LogP contribution in [0.2, 0.25) is 0 Å². The largest absolute Gasteiger partial charge is 0.494 e. The van der Waals surface area contributed by atoms with E-state index in [2.05, 4.69) is 17.1 Å². The van der Waals surface area contributed by atoms with E-state index in [0.29, 0.717) is 12.2 Å². The first kappa shape index (κ1) is 18.2. The summed E-state index contributed by atoms with van der Waals surface area (Å²) in [4.78, 5) is 14.5. The van der Waals surface area contributed by atoms with E-state index >= 15 is 0 Å². The number of anilines is 2. The lowest BCUT2D eigenvalue weighted by atomic mass is 10.2. The van der Waals surface area contributed by atoms with Crippen molar-refractivity contribution in [3.05, 3.63) is 53.8 Å². The number of amides is 1. The topological polar surface area (TPSA) is 41.6 Å². The maximum Gasteiger partial charge on any atom is 0.255 e. The second-order valence-electron chi connectivity index (χ2n) is 6.54. The van der Waals surface area contributed by atoms with Crippen molar-refractivity contribution in [2.45, 2.75) is 32.6 Å². The molecule has 1 heterocycles. The van der Waals surface area contributed by atoms with E-state index in [0.717, 1.165) is 50.2 Å². The molecular weight excluding hydrogens is 331 g/mol. The first-order valence-corrected chi connectivity index (χ1v) is 9.26. The third-order valence-electron chi connectivity index (χ3n) is 4.56. The summed E-state index contributed by atoms with van der Waals surface area (Å²) < 4.78 is 19.9. The van der Waals surface area contributed by atoms with Gasteiger partial charge in [0.25, 0.3) is 5.91 Å². The third kappa shape index (κ3) is 4.54. The highest BCUT2D eigenvalue weighted by molar-refractivity contribution is 6.04. The Morgan fingerprint density at radius 1 is 1.15 bits per heavy atom. The molecule has 3 rings (SSSR count). The van der Waals surface area contributed by atoms with Crippen molar-refractivity contribution in [2.75, 3.05) is 29.9 Å². The maximum absolute atomic E-state index is 14.4. The molecule has 5 heteroatoms. The molecule has 4 nitrogen and oxygen atoms in total. The molecule has 138 valence electrons. The fraction of sp³-hybridized carbons (Fsp3) is 0.381. The number of unbranched alkanes of at least 4 members (excludes halogenated alkanes) is 1. The first-order chi connectivity index (χ1) is 12.7. The van der Waals surface area contributed by atoms with Crippen molar-refractivity contribution in [1.29, 1.82) is 0 Å². The fourth-order valence-corrected chi connectivity index (χ4v) is 3.01. The second-order valence-corrected chi connectivity index (χ2v) is 6.54. The summed E-state index contributed by atoms with van der Waals surface area (Å²) in [6.45, 7) is 4.68. The highest BCUT2D eigenvalue weighted by atomic mass is 19.1. The fourth-order valence-electron chi connectivity index (χ4n) is 3.01. The molecule has 0 aromatic heterocycles. The lowest BCUT2D eigenvalue weighted by molar-refractivity contribution is 0.102. The van der Waals surface area contributed by atoms with Crippen LogP contribution in [0.1, 0.15) is 43.0 Å². The lowest BCUT2D eigenvalue weighted by Gasteiger charge is -2.18. The normalized spacial score (nSPS) is 13.7. The number of rotatable bonds is 7. The minimum atomic E-state index is -0.415. The molecule has 0 unspecified atom stereocenters. The molecule has 1 aliphatic rings. The molecule has 0 saturated carbocycles. The van der Waals surface area contributed by atoms with E-state index in [1.807, 2.05) is 6.07 Å². The Morgan fingerprint density at radius 2 is 1.88 bits per heavy atom. The van der Waals surface area contributed by atoms with Gasteiger partial charge in [-0.3, -0.25) is 4.79 Å². The Labute approximate surface area is 154 Å². The summed E-state index contributed by atoms with van der Waals surface area (Å²) in [5.74, 6) is -0.0173. The summed E-state index contributed by atoms with van der Waals surface area (Å²) in [7, 11) is 0. The molecule has 0 spiro atoms. The van der Waals surface area contributed by atoms with Crippen LogP contribution < -0.4 is 15.0 Å². The summed E-state index contributed by atoms with van der Waals surface area (Å²) in [5.41, 5.74) is 1.53. The summed E-state index contributed by atoms with van der Waals surface area (Å²) in [6, 6.07) is 11.9.